The lowest BCUT2D eigenvalue weighted by molar-refractivity contribution is 0.355. The van der Waals surface area contributed by atoms with Gasteiger partial charge < -0.3 is 18.6 Å². The average molecular weight is 347 g/mol. The van der Waals surface area contributed by atoms with Crippen LogP contribution in [0.5, 0.6) is 17.2 Å². The summed E-state index contributed by atoms with van der Waals surface area (Å²) in [4.78, 5) is 12.8. The maximum atomic E-state index is 12.8. The molecule has 0 aliphatic carbocycles. The molecule has 0 N–H and O–H groups in total. The van der Waals surface area contributed by atoms with Crippen molar-refractivity contribution in [1.82, 2.24) is 0 Å². The number of benzene rings is 2. The minimum absolute atomic E-state index is 0.204. The minimum Gasteiger partial charge on any atom is -0.493 e. The lowest BCUT2D eigenvalue weighted by Gasteiger charge is -2.10. The summed E-state index contributed by atoms with van der Waals surface area (Å²) in [6, 6.07) is 6.35. The Morgan fingerprint density at radius 3 is 2.25 bits per heavy atom. The highest BCUT2D eigenvalue weighted by atomic mass is 35.5. The highest BCUT2D eigenvalue weighted by Gasteiger charge is 2.15. The van der Waals surface area contributed by atoms with Crippen molar-refractivity contribution < 1.29 is 18.6 Å². The second-order valence-electron chi connectivity index (χ2n) is 5.01. The van der Waals surface area contributed by atoms with Gasteiger partial charge in [0, 0.05) is 12.1 Å². The molecule has 124 valence electrons. The molecule has 0 aliphatic heterocycles. The lowest BCUT2D eigenvalue weighted by Crippen LogP contribution is -2.04. The summed E-state index contributed by atoms with van der Waals surface area (Å²) in [5, 5.41) is 1.08. The van der Waals surface area contributed by atoms with Crippen LogP contribution in [0.25, 0.3) is 21.9 Å². The van der Waals surface area contributed by atoms with Gasteiger partial charge in [-0.2, -0.15) is 0 Å². The fourth-order valence-corrected chi connectivity index (χ4v) is 2.66. The number of fused-ring (bicyclic) bond motifs is 2. The Morgan fingerprint density at radius 1 is 1.04 bits per heavy atom. The van der Waals surface area contributed by atoms with E-state index in [1.165, 1.54) is 20.3 Å². The van der Waals surface area contributed by atoms with Gasteiger partial charge >= 0.3 is 0 Å². The molecule has 3 aromatic rings. The summed E-state index contributed by atoms with van der Waals surface area (Å²) in [6.07, 6.45) is 1.61. The second-order valence-corrected chi connectivity index (χ2v) is 5.42. The standard InChI is InChI=1S/C18H15ClO5/c1-4-5-23-15-8-13-10(6-12(15)19)18(20)11-7-16(21-2)17(22-3)9-14(11)24-13/h4,6-9H,1,5H2,2-3H3. The van der Waals surface area contributed by atoms with Gasteiger partial charge in [-0.3, -0.25) is 4.79 Å². The molecule has 0 saturated heterocycles. The molecule has 0 amide bonds. The van der Waals surface area contributed by atoms with Gasteiger partial charge in [-0.05, 0) is 12.1 Å². The molecular formula is C18H15ClO5. The van der Waals surface area contributed by atoms with Gasteiger partial charge in [0.25, 0.3) is 0 Å². The molecule has 24 heavy (non-hydrogen) atoms. The first-order chi connectivity index (χ1) is 11.6. The van der Waals surface area contributed by atoms with Gasteiger partial charge in [0.15, 0.2) is 11.5 Å². The van der Waals surface area contributed by atoms with E-state index in [0.29, 0.717) is 50.8 Å². The molecule has 0 atom stereocenters. The number of rotatable bonds is 5. The fraction of sp³-hybridized carbons (Fsp3) is 0.167. The van der Waals surface area contributed by atoms with Gasteiger partial charge in [-0.25, -0.2) is 0 Å². The Balaban J connectivity index is 2.31. The second kappa shape index (κ2) is 6.45. The number of ether oxygens (including phenoxy) is 3. The first-order valence-corrected chi connectivity index (χ1v) is 7.52. The molecule has 0 spiro atoms. The molecule has 1 aromatic heterocycles. The highest BCUT2D eigenvalue weighted by Crippen LogP contribution is 2.34. The van der Waals surface area contributed by atoms with E-state index in [-0.39, 0.29) is 5.43 Å². The van der Waals surface area contributed by atoms with E-state index >= 15 is 0 Å². The van der Waals surface area contributed by atoms with E-state index in [9.17, 15) is 4.79 Å². The Kier molecular flexibility index (Phi) is 4.36. The smallest absolute Gasteiger partial charge is 0.200 e. The Morgan fingerprint density at radius 2 is 1.62 bits per heavy atom. The third kappa shape index (κ3) is 2.67. The van der Waals surface area contributed by atoms with Gasteiger partial charge in [-0.1, -0.05) is 24.3 Å². The molecule has 0 fully saturated rings. The topological polar surface area (TPSA) is 57.9 Å². The van der Waals surface area contributed by atoms with Crippen molar-refractivity contribution in [2.45, 2.75) is 0 Å². The number of hydrogen-bond acceptors (Lipinski definition) is 5. The summed E-state index contributed by atoms with van der Waals surface area (Å²) in [5.41, 5.74) is 0.565. The third-order valence-corrected chi connectivity index (χ3v) is 3.88. The molecule has 2 aromatic carbocycles. The van der Waals surface area contributed by atoms with E-state index in [1.54, 1.807) is 24.3 Å². The van der Waals surface area contributed by atoms with Gasteiger partial charge in [0.05, 0.1) is 30.0 Å². The van der Waals surface area contributed by atoms with Crippen molar-refractivity contribution >= 4 is 33.5 Å². The zero-order valence-corrected chi connectivity index (χ0v) is 14.0. The Labute approximate surface area is 143 Å². The highest BCUT2D eigenvalue weighted by molar-refractivity contribution is 6.32. The molecular weight excluding hydrogens is 332 g/mol. The van der Waals surface area contributed by atoms with Crippen molar-refractivity contribution in [3.8, 4) is 17.2 Å². The Bertz CT molecular complexity index is 990. The van der Waals surface area contributed by atoms with Crippen molar-refractivity contribution in [3.63, 3.8) is 0 Å². The third-order valence-electron chi connectivity index (χ3n) is 3.59. The van der Waals surface area contributed by atoms with Gasteiger partial charge in [-0.15, -0.1) is 0 Å². The maximum absolute atomic E-state index is 12.8. The Hall–Kier alpha value is -2.66. The maximum Gasteiger partial charge on any atom is 0.200 e. The minimum atomic E-state index is -0.204. The van der Waals surface area contributed by atoms with Crippen LogP contribution in [0.1, 0.15) is 0 Å². The summed E-state index contributed by atoms with van der Waals surface area (Å²) in [7, 11) is 3.02. The van der Waals surface area contributed by atoms with Crippen LogP contribution >= 0.6 is 11.6 Å². The van der Waals surface area contributed by atoms with Crippen LogP contribution in [0.2, 0.25) is 5.02 Å². The predicted molar refractivity (Wildman–Crippen MR) is 93.8 cm³/mol. The largest absolute Gasteiger partial charge is 0.493 e. The molecule has 0 saturated carbocycles. The summed E-state index contributed by atoms with van der Waals surface area (Å²) in [5.74, 6) is 1.35. The summed E-state index contributed by atoms with van der Waals surface area (Å²) in [6.45, 7) is 3.89. The molecule has 0 unspecified atom stereocenters. The number of halogens is 1. The van der Waals surface area contributed by atoms with Crippen LogP contribution in [-0.2, 0) is 0 Å². The van der Waals surface area contributed by atoms with Crippen LogP contribution in [0.4, 0.5) is 0 Å². The van der Waals surface area contributed by atoms with Crippen molar-refractivity contribution in [2.75, 3.05) is 20.8 Å². The van der Waals surface area contributed by atoms with Crippen LogP contribution in [0.15, 0.2) is 46.1 Å². The normalized spacial score (nSPS) is 10.8. The quantitative estimate of drug-likeness (QED) is 0.512. The van der Waals surface area contributed by atoms with E-state index in [1.807, 2.05) is 0 Å². The zero-order valence-electron chi connectivity index (χ0n) is 13.2. The van der Waals surface area contributed by atoms with Crippen LogP contribution in [0, 0.1) is 0 Å². The van der Waals surface area contributed by atoms with Crippen LogP contribution < -0.4 is 19.6 Å². The van der Waals surface area contributed by atoms with Crippen molar-refractivity contribution in [1.29, 1.82) is 0 Å². The fourth-order valence-electron chi connectivity index (χ4n) is 2.44. The first-order valence-electron chi connectivity index (χ1n) is 7.14. The molecule has 0 aliphatic rings. The van der Waals surface area contributed by atoms with E-state index in [2.05, 4.69) is 6.58 Å². The monoisotopic (exact) mass is 346 g/mol. The first kappa shape index (κ1) is 16.2. The van der Waals surface area contributed by atoms with E-state index < -0.39 is 0 Å². The van der Waals surface area contributed by atoms with Crippen LogP contribution in [-0.4, -0.2) is 20.8 Å². The van der Waals surface area contributed by atoms with Gasteiger partial charge in [0.2, 0.25) is 5.43 Å². The molecule has 3 rings (SSSR count). The SMILES string of the molecule is C=CCOc1cc2oc3cc(OC)c(OC)cc3c(=O)c2cc1Cl. The predicted octanol–water partition coefficient (Wildman–Crippen LogP) is 4.18. The number of hydrogen-bond donors (Lipinski definition) is 0. The van der Waals surface area contributed by atoms with Crippen LogP contribution in [0.3, 0.4) is 0 Å². The molecule has 6 heteroatoms. The molecule has 0 radical (unpaired) electrons. The molecule has 0 bridgehead atoms. The van der Waals surface area contributed by atoms with E-state index in [0.717, 1.165) is 0 Å². The van der Waals surface area contributed by atoms with Gasteiger partial charge in [0.1, 0.15) is 23.5 Å². The lowest BCUT2D eigenvalue weighted by atomic mass is 10.1. The van der Waals surface area contributed by atoms with E-state index in [4.69, 9.17) is 30.2 Å². The average Bonchev–Trinajstić information content (AvgIpc) is 2.60. The number of methoxy groups -OCH3 is 2. The molecule has 1 heterocycles. The van der Waals surface area contributed by atoms with Crippen molar-refractivity contribution in [3.05, 3.63) is 52.2 Å². The molecule has 5 nitrogen and oxygen atoms in total. The summed E-state index contributed by atoms with van der Waals surface area (Å²) >= 11 is 6.18. The van der Waals surface area contributed by atoms with Crippen molar-refractivity contribution in [2.24, 2.45) is 0 Å². The summed E-state index contributed by atoms with van der Waals surface area (Å²) < 4.78 is 21.8. The zero-order chi connectivity index (χ0) is 17.3.